The van der Waals surface area contributed by atoms with Gasteiger partial charge in [-0.2, -0.15) is 5.10 Å². The van der Waals surface area contributed by atoms with Crippen molar-refractivity contribution in [3.63, 3.8) is 0 Å². The number of carbonyl (C=O) groups excluding carboxylic acids is 1. The van der Waals surface area contributed by atoms with Gasteiger partial charge in [0.15, 0.2) is 6.23 Å². The van der Waals surface area contributed by atoms with Crippen molar-refractivity contribution in [2.75, 3.05) is 13.1 Å². The van der Waals surface area contributed by atoms with Crippen LogP contribution in [0.3, 0.4) is 0 Å². The molecular formula is C25H25N5O3. The minimum Gasteiger partial charge on any atom is -0.490 e. The number of pyridine rings is 1. The summed E-state index contributed by atoms with van der Waals surface area (Å²) in [6.45, 7) is 1.97. The van der Waals surface area contributed by atoms with Crippen LogP contribution < -0.4 is 15.4 Å². The molecule has 0 bridgehead atoms. The molecule has 0 unspecified atom stereocenters. The number of H-pyrrole nitrogens is 1. The second-order valence-corrected chi connectivity index (χ2v) is 8.05. The molecule has 4 N–H and O–H groups in total. The molecule has 1 saturated heterocycles. The fourth-order valence-corrected chi connectivity index (χ4v) is 3.99. The fourth-order valence-electron chi connectivity index (χ4n) is 3.99. The van der Waals surface area contributed by atoms with Gasteiger partial charge < -0.3 is 20.5 Å². The zero-order valence-electron chi connectivity index (χ0n) is 18.0. The molecule has 4 aromatic rings. The molecule has 33 heavy (non-hydrogen) atoms. The van der Waals surface area contributed by atoms with Gasteiger partial charge in [0.05, 0.1) is 16.9 Å². The number of ether oxygens (including phenoxy) is 1. The summed E-state index contributed by atoms with van der Waals surface area (Å²) in [6.07, 6.45) is 2.63. The highest BCUT2D eigenvalue weighted by Gasteiger charge is 2.17. The molecule has 5 rings (SSSR count). The Kier molecular flexibility index (Phi) is 6.01. The highest BCUT2D eigenvalue weighted by Crippen LogP contribution is 2.29. The lowest BCUT2D eigenvalue weighted by atomic mass is 10.0. The van der Waals surface area contributed by atoms with Gasteiger partial charge in [-0.1, -0.05) is 6.07 Å². The summed E-state index contributed by atoms with van der Waals surface area (Å²) in [5.41, 5.74) is 3.29. The molecule has 2 aromatic carbocycles. The second kappa shape index (κ2) is 9.40. The average molecular weight is 444 g/mol. The van der Waals surface area contributed by atoms with Crippen molar-refractivity contribution < 1.29 is 14.6 Å². The Bertz CT molecular complexity index is 1230. The van der Waals surface area contributed by atoms with E-state index in [0.29, 0.717) is 11.3 Å². The van der Waals surface area contributed by atoms with Crippen LogP contribution in [-0.4, -0.2) is 45.4 Å². The number of amides is 1. The quantitative estimate of drug-likeness (QED) is 0.341. The van der Waals surface area contributed by atoms with Crippen LogP contribution in [0.2, 0.25) is 0 Å². The van der Waals surface area contributed by atoms with Crippen molar-refractivity contribution in [2.24, 2.45) is 0 Å². The number of hydrogen-bond donors (Lipinski definition) is 4. The van der Waals surface area contributed by atoms with Gasteiger partial charge in [-0.15, -0.1) is 0 Å². The van der Waals surface area contributed by atoms with Gasteiger partial charge in [0.1, 0.15) is 11.9 Å². The number of nitrogens with zero attached hydrogens (tertiary/aromatic N) is 2. The van der Waals surface area contributed by atoms with E-state index in [1.54, 1.807) is 36.5 Å². The minimum absolute atomic E-state index is 0.242. The smallest absolute Gasteiger partial charge is 0.253 e. The lowest BCUT2D eigenvalue weighted by Crippen LogP contribution is -2.34. The third-order valence-electron chi connectivity index (χ3n) is 5.78. The Morgan fingerprint density at radius 1 is 1.09 bits per heavy atom. The van der Waals surface area contributed by atoms with E-state index in [9.17, 15) is 9.90 Å². The number of piperidine rings is 1. The molecule has 0 aliphatic carbocycles. The lowest BCUT2D eigenvalue weighted by molar-refractivity contribution is 0.0774. The molecule has 1 aliphatic rings. The first kappa shape index (κ1) is 21.1. The van der Waals surface area contributed by atoms with E-state index in [0.717, 1.165) is 53.8 Å². The van der Waals surface area contributed by atoms with Gasteiger partial charge in [-0.25, -0.2) is 0 Å². The Balaban J connectivity index is 1.34. The summed E-state index contributed by atoms with van der Waals surface area (Å²) in [4.78, 5) is 16.8. The number of rotatable bonds is 6. The normalized spacial score (nSPS) is 15.3. The van der Waals surface area contributed by atoms with E-state index in [1.165, 1.54) is 0 Å². The maximum atomic E-state index is 12.7. The number of fused-ring (bicyclic) bond motifs is 1. The molecule has 168 valence electrons. The monoisotopic (exact) mass is 443 g/mol. The van der Waals surface area contributed by atoms with Crippen LogP contribution in [0.1, 0.15) is 35.1 Å². The van der Waals surface area contributed by atoms with E-state index in [2.05, 4.69) is 25.8 Å². The standard InChI is InChI=1S/C25H25N5O3/c31-24(28-25(32)22-3-1-2-12-27-22)17-6-9-21-20(15-17)23(30-29-21)16-4-7-18(8-5-16)33-19-10-13-26-14-11-19/h1-9,12,15,19,25-26,32H,10-11,13-14H2,(H,28,31)(H,29,30)/t25-/m0/s1. The summed E-state index contributed by atoms with van der Waals surface area (Å²) >= 11 is 0. The van der Waals surface area contributed by atoms with E-state index in [-0.39, 0.29) is 6.10 Å². The predicted octanol–water partition coefficient (Wildman–Crippen LogP) is 3.18. The first-order valence-corrected chi connectivity index (χ1v) is 11.0. The van der Waals surface area contributed by atoms with Gasteiger partial charge in [-0.3, -0.25) is 14.9 Å². The molecule has 1 atom stereocenters. The maximum absolute atomic E-state index is 12.7. The van der Waals surface area contributed by atoms with Gasteiger partial charge in [0, 0.05) is 22.7 Å². The third kappa shape index (κ3) is 4.72. The molecule has 0 spiro atoms. The van der Waals surface area contributed by atoms with Crippen LogP contribution in [0, 0.1) is 0 Å². The number of hydrogen-bond acceptors (Lipinski definition) is 6. The minimum atomic E-state index is -1.19. The van der Waals surface area contributed by atoms with Crippen molar-refractivity contribution in [3.05, 3.63) is 78.1 Å². The highest BCUT2D eigenvalue weighted by atomic mass is 16.5. The van der Waals surface area contributed by atoms with E-state index >= 15 is 0 Å². The highest BCUT2D eigenvalue weighted by molar-refractivity contribution is 6.01. The Morgan fingerprint density at radius 2 is 1.91 bits per heavy atom. The van der Waals surface area contributed by atoms with Crippen molar-refractivity contribution in [1.29, 1.82) is 0 Å². The zero-order valence-corrected chi connectivity index (χ0v) is 18.0. The largest absolute Gasteiger partial charge is 0.490 e. The summed E-state index contributed by atoms with van der Waals surface area (Å²) < 4.78 is 6.09. The molecule has 1 fully saturated rings. The fraction of sp³-hybridized carbons (Fsp3) is 0.240. The number of benzene rings is 2. The molecule has 0 radical (unpaired) electrons. The molecular weight excluding hydrogens is 418 g/mol. The number of aromatic amines is 1. The Labute approximate surface area is 191 Å². The Morgan fingerprint density at radius 3 is 2.67 bits per heavy atom. The molecule has 1 amide bonds. The van der Waals surface area contributed by atoms with Gasteiger partial charge in [0.2, 0.25) is 0 Å². The topological polar surface area (TPSA) is 112 Å². The van der Waals surface area contributed by atoms with Crippen molar-refractivity contribution in [1.82, 2.24) is 25.8 Å². The number of nitrogens with one attached hydrogen (secondary N) is 3. The number of aliphatic hydroxyl groups is 1. The number of aliphatic hydroxyl groups excluding tert-OH is 1. The van der Waals surface area contributed by atoms with Crippen LogP contribution in [-0.2, 0) is 0 Å². The zero-order chi connectivity index (χ0) is 22.6. The predicted molar refractivity (Wildman–Crippen MR) is 125 cm³/mol. The molecule has 2 aromatic heterocycles. The SMILES string of the molecule is O=C(N[C@@H](O)c1ccccn1)c1ccc2[nH]nc(-c3ccc(OC4CCNCC4)cc3)c2c1. The van der Waals surface area contributed by atoms with E-state index in [1.807, 2.05) is 30.3 Å². The van der Waals surface area contributed by atoms with Crippen molar-refractivity contribution in [3.8, 4) is 17.0 Å². The first-order valence-electron chi connectivity index (χ1n) is 11.0. The summed E-state index contributed by atoms with van der Waals surface area (Å²) in [5.74, 6) is 0.446. The van der Waals surface area contributed by atoms with Gasteiger partial charge in [-0.05, 0) is 80.5 Å². The van der Waals surface area contributed by atoms with Crippen molar-refractivity contribution >= 4 is 16.8 Å². The second-order valence-electron chi connectivity index (χ2n) is 8.05. The van der Waals surface area contributed by atoms with E-state index in [4.69, 9.17) is 4.74 Å². The van der Waals surface area contributed by atoms with Crippen LogP contribution in [0.25, 0.3) is 22.2 Å². The number of aromatic nitrogens is 3. The molecule has 1 aliphatic heterocycles. The maximum Gasteiger partial charge on any atom is 0.253 e. The first-order chi connectivity index (χ1) is 16.2. The average Bonchev–Trinajstić information content (AvgIpc) is 3.29. The van der Waals surface area contributed by atoms with Gasteiger partial charge >= 0.3 is 0 Å². The molecule has 8 nitrogen and oxygen atoms in total. The molecule has 0 saturated carbocycles. The summed E-state index contributed by atoms with van der Waals surface area (Å²) in [5, 5.41) is 24.5. The van der Waals surface area contributed by atoms with Crippen LogP contribution in [0.15, 0.2) is 66.9 Å². The summed E-state index contributed by atoms with van der Waals surface area (Å²) in [7, 11) is 0. The lowest BCUT2D eigenvalue weighted by Gasteiger charge is -2.23. The third-order valence-corrected chi connectivity index (χ3v) is 5.78. The van der Waals surface area contributed by atoms with Gasteiger partial charge in [0.25, 0.3) is 5.91 Å². The molecule has 8 heteroatoms. The van der Waals surface area contributed by atoms with Crippen LogP contribution >= 0.6 is 0 Å². The van der Waals surface area contributed by atoms with Crippen LogP contribution in [0.5, 0.6) is 5.75 Å². The Hall–Kier alpha value is -3.75. The summed E-state index contributed by atoms with van der Waals surface area (Å²) in [6, 6.07) is 18.3. The molecule has 3 heterocycles. The number of carbonyl (C=O) groups is 1. The van der Waals surface area contributed by atoms with Crippen LogP contribution in [0.4, 0.5) is 0 Å². The van der Waals surface area contributed by atoms with E-state index < -0.39 is 12.1 Å². The van der Waals surface area contributed by atoms with Crippen molar-refractivity contribution in [2.45, 2.75) is 25.2 Å².